The van der Waals surface area contributed by atoms with Gasteiger partial charge in [0.05, 0.1) is 16.8 Å². The molecule has 0 amide bonds. The van der Waals surface area contributed by atoms with Crippen molar-refractivity contribution in [2.24, 2.45) is 5.84 Å². The normalized spacial score (nSPS) is 16.7. The molecule has 0 aromatic heterocycles. The lowest BCUT2D eigenvalue weighted by molar-refractivity contribution is 0.103. The van der Waals surface area contributed by atoms with E-state index in [1.54, 1.807) is 5.01 Å². The summed E-state index contributed by atoms with van der Waals surface area (Å²) < 4.78 is 0. The van der Waals surface area contributed by atoms with E-state index in [0.717, 1.165) is 44.8 Å². The number of allylic oxidation sites excluding steroid dienone is 6. The molecule has 152 valence electrons. The number of hydrazine groups is 1. The highest BCUT2D eigenvalue weighted by Gasteiger charge is 2.51. The van der Waals surface area contributed by atoms with E-state index in [4.69, 9.17) is 5.84 Å². The summed E-state index contributed by atoms with van der Waals surface area (Å²) in [4.78, 5) is 13.6. The number of carbonyl (C=O) groups is 1. The number of carbonyl (C=O) groups excluding carboxylic acids is 1. The van der Waals surface area contributed by atoms with Gasteiger partial charge in [-0.2, -0.15) is 0 Å². The van der Waals surface area contributed by atoms with E-state index in [2.05, 4.69) is 36.4 Å². The number of fused-ring (bicyclic) bond motifs is 6. The van der Waals surface area contributed by atoms with E-state index in [1.807, 2.05) is 74.5 Å². The van der Waals surface area contributed by atoms with Crippen LogP contribution in [-0.2, 0) is 5.41 Å². The lowest BCUT2D eigenvalue weighted by atomic mass is 9.57. The summed E-state index contributed by atoms with van der Waals surface area (Å²) in [5.41, 5.74) is 6.80. The molecule has 1 heterocycles. The molecule has 0 bridgehead atoms. The van der Waals surface area contributed by atoms with Gasteiger partial charge in [0.2, 0.25) is 0 Å². The standard InChI is InChI=1S/C28H24N2O/c1-3-11-19-21(12-4-2)28(22-14-6-5-13-20(22)27(19)31)23-15-7-9-17-25(23)30(29)26-18-10-8-16-24(26)28/h3-18H,29H2,1-2H3/b11-3+,12-4-. The molecule has 0 saturated carbocycles. The van der Waals surface area contributed by atoms with Crippen LogP contribution in [0.25, 0.3) is 0 Å². The van der Waals surface area contributed by atoms with Gasteiger partial charge in [-0.3, -0.25) is 9.80 Å². The maximum absolute atomic E-state index is 13.6. The zero-order valence-corrected chi connectivity index (χ0v) is 17.7. The third-order valence-electron chi connectivity index (χ3n) is 6.32. The van der Waals surface area contributed by atoms with Crippen molar-refractivity contribution < 1.29 is 4.79 Å². The Kier molecular flexibility index (Phi) is 4.49. The zero-order chi connectivity index (χ0) is 21.6. The predicted octanol–water partition coefficient (Wildman–Crippen LogP) is 5.99. The molecule has 1 aliphatic heterocycles. The van der Waals surface area contributed by atoms with Crippen molar-refractivity contribution in [2.45, 2.75) is 19.3 Å². The van der Waals surface area contributed by atoms with Crippen LogP contribution in [0.15, 0.2) is 108 Å². The third kappa shape index (κ3) is 2.47. The molecule has 3 aromatic rings. The molecule has 2 aliphatic rings. The minimum atomic E-state index is -0.644. The summed E-state index contributed by atoms with van der Waals surface area (Å²) >= 11 is 0. The molecule has 1 aliphatic carbocycles. The average molecular weight is 405 g/mol. The number of anilines is 2. The first-order valence-electron chi connectivity index (χ1n) is 10.5. The first-order valence-corrected chi connectivity index (χ1v) is 10.5. The SMILES string of the molecule is C/C=C\C1=C(/C=C/C)C(=O)c2ccccc2C12c1ccccc1N(N)c1ccccc12. The first-order chi connectivity index (χ1) is 15.2. The van der Waals surface area contributed by atoms with Crippen molar-refractivity contribution in [3.63, 3.8) is 0 Å². The number of ketones is 1. The highest BCUT2D eigenvalue weighted by molar-refractivity contribution is 6.15. The fourth-order valence-corrected chi connectivity index (χ4v) is 5.19. The van der Waals surface area contributed by atoms with Gasteiger partial charge in [-0.15, -0.1) is 0 Å². The molecule has 5 rings (SSSR count). The van der Waals surface area contributed by atoms with Crippen LogP contribution in [0.4, 0.5) is 11.4 Å². The largest absolute Gasteiger partial charge is 0.289 e. The fourth-order valence-electron chi connectivity index (χ4n) is 5.19. The van der Waals surface area contributed by atoms with Gasteiger partial charge in [0, 0.05) is 11.1 Å². The van der Waals surface area contributed by atoms with Gasteiger partial charge < -0.3 is 0 Å². The second-order valence-corrected chi connectivity index (χ2v) is 7.86. The van der Waals surface area contributed by atoms with Gasteiger partial charge in [-0.25, -0.2) is 5.84 Å². The second-order valence-electron chi connectivity index (χ2n) is 7.86. The molecule has 31 heavy (non-hydrogen) atoms. The maximum atomic E-state index is 13.6. The topological polar surface area (TPSA) is 46.3 Å². The Morgan fingerprint density at radius 1 is 0.742 bits per heavy atom. The lowest BCUT2D eigenvalue weighted by Crippen LogP contribution is -2.44. The number of para-hydroxylation sites is 2. The van der Waals surface area contributed by atoms with Crippen LogP contribution in [0.3, 0.4) is 0 Å². The van der Waals surface area contributed by atoms with E-state index in [0.29, 0.717) is 0 Å². The molecule has 3 heteroatoms. The van der Waals surface area contributed by atoms with Crippen LogP contribution in [0, 0.1) is 0 Å². The Morgan fingerprint density at radius 3 is 1.84 bits per heavy atom. The molecular formula is C28H24N2O. The van der Waals surface area contributed by atoms with Crippen molar-refractivity contribution in [1.29, 1.82) is 0 Å². The minimum Gasteiger partial charge on any atom is -0.289 e. The van der Waals surface area contributed by atoms with Crippen LogP contribution in [0.2, 0.25) is 0 Å². The molecule has 0 unspecified atom stereocenters. The van der Waals surface area contributed by atoms with Gasteiger partial charge in [0.1, 0.15) is 0 Å². The Bertz CT molecular complexity index is 1250. The van der Waals surface area contributed by atoms with Gasteiger partial charge in [-0.1, -0.05) is 85.0 Å². The van der Waals surface area contributed by atoms with Crippen molar-refractivity contribution in [3.8, 4) is 0 Å². The summed E-state index contributed by atoms with van der Waals surface area (Å²) in [6.07, 6.45) is 7.98. The number of Topliss-reactive ketones (excluding diaryl/α,β-unsaturated/α-hetero) is 1. The lowest BCUT2D eigenvalue weighted by Gasteiger charge is -2.48. The Balaban J connectivity index is 2.07. The van der Waals surface area contributed by atoms with Crippen LogP contribution in [0.1, 0.15) is 40.9 Å². The molecule has 0 radical (unpaired) electrons. The number of rotatable bonds is 2. The van der Waals surface area contributed by atoms with Gasteiger partial charge in [0.15, 0.2) is 5.78 Å². The van der Waals surface area contributed by atoms with Crippen molar-refractivity contribution >= 4 is 17.2 Å². The fraction of sp³-hybridized carbons (Fsp3) is 0.107. The van der Waals surface area contributed by atoms with Crippen molar-refractivity contribution in [3.05, 3.63) is 131 Å². The molecule has 0 fully saturated rings. The van der Waals surface area contributed by atoms with Crippen molar-refractivity contribution in [2.75, 3.05) is 5.01 Å². The van der Waals surface area contributed by atoms with Crippen LogP contribution in [0.5, 0.6) is 0 Å². The summed E-state index contributed by atoms with van der Waals surface area (Å²) in [5, 5.41) is 1.76. The summed E-state index contributed by atoms with van der Waals surface area (Å²) in [6.45, 7) is 3.94. The third-order valence-corrected chi connectivity index (χ3v) is 6.32. The predicted molar refractivity (Wildman–Crippen MR) is 127 cm³/mol. The van der Waals surface area contributed by atoms with Crippen LogP contribution < -0.4 is 10.9 Å². The second kappa shape index (κ2) is 7.22. The quantitative estimate of drug-likeness (QED) is 0.534. The van der Waals surface area contributed by atoms with Gasteiger partial charge >= 0.3 is 0 Å². The summed E-state index contributed by atoms with van der Waals surface area (Å²) in [7, 11) is 0. The first kappa shape index (κ1) is 19.3. The summed E-state index contributed by atoms with van der Waals surface area (Å²) in [6, 6.07) is 24.5. The molecule has 3 nitrogen and oxygen atoms in total. The number of nitrogens with two attached hydrogens (primary N) is 1. The average Bonchev–Trinajstić information content (AvgIpc) is 2.82. The summed E-state index contributed by atoms with van der Waals surface area (Å²) in [5.74, 6) is 6.68. The Labute approximate surface area is 182 Å². The Hall–Kier alpha value is -3.69. The zero-order valence-electron chi connectivity index (χ0n) is 17.7. The van der Waals surface area contributed by atoms with E-state index in [-0.39, 0.29) is 5.78 Å². The smallest absolute Gasteiger partial charge is 0.193 e. The van der Waals surface area contributed by atoms with E-state index < -0.39 is 5.41 Å². The monoisotopic (exact) mass is 404 g/mol. The molecular weight excluding hydrogens is 380 g/mol. The Morgan fingerprint density at radius 2 is 1.26 bits per heavy atom. The molecule has 0 atom stereocenters. The number of nitrogens with zero attached hydrogens (tertiary/aromatic N) is 1. The van der Waals surface area contributed by atoms with Crippen LogP contribution in [-0.4, -0.2) is 5.78 Å². The highest BCUT2D eigenvalue weighted by atomic mass is 16.1. The van der Waals surface area contributed by atoms with Crippen LogP contribution >= 0.6 is 0 Å². The maximum Gasteiger partial charge on any atom is 0.193 e. The molecule has 3 aromatic carbocycles. The minimum absolute atomic E-state index is 0.0533. The van der Waals surface area contributed by atoms with E-state index in [1.165, 1.54) is 0 Å². The molecule has 2 N–H and O–H groups in total. The van der Waals surface area contributed by atoms with Gasteiger partial charge in [-0.05, 0) is 48.2 Å². The van der Waals surface area contributed by atoms with E-state index in [9.17, 15) is 4.79 Å². The van der Waals surface area contributed by atoms with Crippen molar-refractivity contribution in [1.82, 2.24) is 0 Å². The number of benzene rings is 3. The molecule has 0 saturated heterocycles. The highest BCUT2D eigenvalue weighted by Crippen LogP contribution is 2.58. The molecule has 1 spiro atoms. The van der Waals surface area contributed by atoms with E-state index >= 15 is 0 Å². The van der Waals surface area contributed by atoms with Gasteiger partial charge in [0.25, 0.3) is 0 Å². The number of hydrogen-bond acceptors (Lipinski definition) is 3. The number of hydrogen-bond donors (Lipinski definition) is 1.